The van der Waals surface area contributed by atoms with Gasteiger partial charge in [-0.2, -0.15) is 4.98 Å². The topological polar surface area (TPSA) is 77.1 Å². The largest absolute Gasteiger partial charge is 0.353 e. The van der Waals surface area contributed by atoms with Crippen LogP contribution in [0, 0.1) is 5.82 Å². The molecule has 0 saturated carbocycles. The molecule has 1 aliphatic rings. The van der Waals surface area contributed by atoms with Crippen molar-refractivity contribution in [3.05, 3.63) is 92.4 Å². The molecule has 2 aromatic heterocycles. The average molecular weight is 491 g/mol. The molecule has 1 saturated heterocycles. The Bertz CT molecular complexity index is 1460. The van der Waals surface area contributed by atoms with Crippen molar-refractivity contribution in [2.24, 2.45) is 14.1 Å². The second-order valence-corrected chi connectivity index (χ2v) is 9.52. The molecule has 2 aromatic carbocycles. The second kappa shape index (κ2) is 10.1. The molecule has 0 spiro atoms. The molecular weight excluding hydrogens is 459 g/mol. The van der Waals surface area contributed by atoms with E-state index in [1.54, 1.807) is 19.2 Å². The summed E-state index contributed by atoms with van der Waals surface area (Å²) in [7, 11) is 3.09. The van der Waals surface area contributed by atoms with Crippen LogP contribution in [0.1, 0.15) is 24.0 Å². The highest BCUT2D eigenvalue weighted by Gasteiger charge is 2.24. The lowest BCUT2D eigenvalue weighted by atomic mass is 10.0. The number of aryl methyl sites for hydroxylation is 1. The Morgan fingerprint density at radius 1 is 0.944 bits per heavy atom. The summed E-state index contributed by atoms with van der Waals surface area (Å²) in [5, 5.41) is 3.55. The fourth-order valence-electron chi connectivity index (χ4n) is 4.90. The Morgan fingerprint density at radius 3 is 2.33 bits per heavy atom. The minimum absolute atomic E-state index is 0.197. The van der Waals surface area contributed by atoms with Gasteiger partial charge in [0, 0.05) is 39.8 Å². The van der Waals surface area contributed by atoms with E-state index in [1.165, 1.54) is 29.3 Å². The average Bonchev–Trinajstić information content (AvgIpc) is 3.25. The summed E-state index contributed by atoms with van der Waals surface area (Å²) in [6.45, 7) is 3.31. The van der Waals surface area contributed by atoms with Gasteiger partial charge in [0.1, 0.15) is 5.82 Å². The van der Waals surface area contributed by atoms with Gasteiger partial charge in [-0.3, -0.25) is 18.5 Å². The van der Waals surface area contributed by atoms with Crippen molar-refractivity contribution in [3.63, 3.8) is 0 Å². The number of halogens is 1. The molecule has 3 heterocycles. The minimum atomic E-state index is -0.419. The third-order valence-electron chi connectivity index (χ3n) is 7.08. The number of aromatic nitrogens is 4. The summed E-state index contributed by atoms with van der Waals surface area (Å²) in [5.74, 6) is 0.236. The number of benzene rings is 2. The zero-order valence-corrected chi connectivity index (χ0v) is 20.7. The molecule has 0 bridgehead atoms. The maximum atomic E-state index is 13.5. The monoisotopic (exact) mass is 490 g/mol. The maximum Gasteiger partial charge on any atom is 0.332 e. The van der Waals surface area contributed by atoms with Gasteiger partial charge in [0.05, 0.1) is 6.54 Å². The molecule has 0 atom stereocenters. The van der Waals surface area contributed by atoms with E-state index in [9.17, 15) is 14.0 Å². The number of piperidine rings is 1. The Labute approximate surface area is 208 Å². The highest BCUT2D eigenvalue weighted by atomic mass is 19.1. The first-order valence-electron chi connectivity index (χ1n) is 12.3. The lowest BCUT2D eigenvalue weighted by Gasteiger charge is -2.32. The van der Waals surface area contributed by atoms with Crippen LogP contribution in [0.5, 0.6) is 0 Å². The lowest BCUT2D eigenvalue weighted by molar-refractivity contribution is 0.221. The van der Waals surface area contributed by atoms with Gasteiger partial charge in [0.25, 0.3) is 5.56 Å². The second-order valence-electron chi connectivity index (χ2n) is 9.52. The van der Waals surface area contributed by atoms with Crippen molar-refractivity contribution in [3.8, 4) is 0 Å². The van der Waals surface area contributed by atoms with Crippen molar-refractivity contribution in [1.29, 1.82) is 0 Å². The van der Waals surface area contributed by atoms with Gasteiger partial charge in [0.2, 0.25) is 5.95 Å². The van der Waals surface area contributed by atoms with E-state index in [0.29, 0.717) is 23.7 Å². The highest BCUT2D eigenvalue weighted by Crippen LogP contribution is 2.22. The number of hydrogen-bond donors (Lipinski definition) is 1. The predicted octanol–water partition coefficient (Wildman–Crippen LogP) is 2.74. The van der Waals surface area contributed by atoms with E-state index in [1.807, 2.05) is 10.6 Å². The molecule has 8 nitrogen and oxygen atoms in total. The van der Waals surface area contributed by atoms with Gasteiger partial charge in [-0.1, -0.05) is 42.5 Å². The van der Waals surface area contributed by atoms with E-state index < -0.39 is 11.2 Å². The van der Waals surface area contributed by atoms with Gasteiger partial charge in [-0.05, 0) is 42.5 Å². The number of nitrogens with one attached hydrogen (secondary N) is 1. The van der Waals surface area contributed by atoms with Crippen LogP contribution in [-0.4, -0.2) is 49.3 Å². The Hall–Kier alpha value is -3.72. The Balaban J connectivity index is 1.37. The molecule has 0 aliphatic carbocycles. The summed E-state index contributed by atoms with van der Waals surface area (Å²) < 4.78 is 17.8. The molecule has 1 N–H and O–H groups in total. The van der Waals surface area contributed by atoms with Gasteiger partial charge in [0.15, 0.2) is 11.2 Å². The summed E-state index contributed by atoms with van der Waals surface area (Å²) in [4.78, 5) is 32.8. The summed E-state index contributed by atoms with van der Waals surface area (Å²) >= 11 is 0. The zero-order chi connectivity index (χ0) is 25.2. The van der Waals surface area contributed by atoms with Gasteiger partial charge in [-0.15, -0.1) is 0 Å². The smallest absolute Gasteiger partial charge is 0.332 e. The lowest BCUT2D eigenvalue weighted by Crippen LogP contribution is -2.40. The van der Waals surface area contributed by atoms with Crippen LogP contribution < -0.4 is 16.6 Å². The molecule has 5 rings (SSSR count). The van der Waals surface area contributed by atoms with Crippen molar-refractivity contribution in [1.82, 2.24) is 23.6 Å². The molecular formula is C27H31FN6O2. The van der Waals surface area contributed by atoms with Crippen LogP contribution in [0.2, 0.25) is 0 Å². The first-order chi connectivity index (χ1) is 17.4. The molecule has 1 aliphatic heterocycles. The van der Waals surface area contributed by atoms with Crippen LogP contribution in [0.25, 0.3) is 11.2 Å². The summed E-state index contributed by atoms with van der Waals surface area (Å²) in [6.07, 6.45) is 2.93. The van der Waals surface area contributed by atoms with Crippen molar-refractivity contribution >= 4 is 17.1 Å². The maximum absolute atomic E-state index is 13.5. The van der Waals surface area contributed by atoms with Crippen LogP contribution in [0.4, 0.5) is 10.3 Å². The number of fused-ring (bicyclic) bond motifs is 1. The first-order valence-corrected chi connectivity index (χ1v) is 12.3. The fourth-order valence-corrected chi connectivity index (χ4v) is 4.90. The van der Waals surface area contributed by atoms with Crippen LogP contribution in [0.3, 0.4) is 0 Å². The van der Waals surface area contributed by atoms with E-state index in [4.69, 9.17) is 4.98 Å². The van der Waals surface area contributed by atoms with Crippen molar-refractivity contribution < 1.29 is 4.39 Å². The van der Waals surface area contributed by atoms with Crippen LogP contribution in [-0.2, 0) is 27.1 Å². The summed E-state index contributed by atoms with van der Waals surface area (Å²) in [6, 6.07) is 16.9. The first kappa shape index (κ1) is 24.0. The van der Waals surface area contributed by atoms with Crippen LogP contribution in [0.15, 0.2) is 64.2 Å². The number of nitrogens with zero attached hydrogens (tertiary/aromatic N) is 5. The SMILES string of the molecule is Cn1c(=O)c2c(nc(NC3CCN(CCc4ccccc4)CC3)n2Cc2ccc(F)cc2)n(C)c1=O. The van der Waals surface area contributed by atoms with E-state index in [2.05, 4.69) is 34.5 Å². The quantitative estimate of drug-likeness (QED) is 0.431. The molecule has 9 heteroatoms. The van der Waals surface area contributed by atoms with Gasteiger partial charge >= 0.3 is 5.69 Å². The number of hydrogen-bond acceptors (Lipinski definition) is 5. The molecule has 1 fully saturated rings. The van der Waals surface area contributed by atoms with E-state index in [0.717, 1.165) is 49.0 Å². The summed E-state index contributed by atoms with van der Waals surface area (Å²) in [5.41, 5.74) is 2.06. The Morgan fingerprint density at radius 2 is 1.64 bits per heavy atom. The normalized spacial score (nSPS) is 15.0. The minimum Gasteiger partial charge on any atom is -0.353 e. The fraction of sp³-hybridized carbons (Fsp3) is 0.370. The third kappa shape index (κ3) is 4.83. The zero-order valence-electron chi connectivity index (χ0n) is 20.7. The molecule has 0 amide bonds. The molecule has 0 unspecified atom stereocenters. The number of rotatable bonds is 7. The van der Waals surface area contributed by atoms with Crippen molar-refractivity contribution in [2.45, 2.75) is 31.8 Å². The standard InChI is InChI=1S/C27H31FN6O2/c1-31-24-23(25(35)32(2)27(31)36)34(18-20-8-10-21(28)11-9-20)26(30-24)29-22-13-16-33(17-14-22)15-12-19-6-4-3-5-7-19/h3-11,22H,12-18H2,1-2H3,(H,29,30). The number of likely N-dealkylation sites (tertiary alicyclic amines) is 1. The number of imidazole rings is 1. The number of anilines is 1. The highest BCUT2D eigenvalue weighted by molar-refractivity contribution is 5.74. The van der Waals surface area contributed by atoms with Gasteiger partial charge < -0.3 is 10.2 Å². The van der Waals surface area contributed by atoms with Crippen LogP contribution >= 0.6 is 0 Å². The van der Waals surface area contributed by atoms with E-state index in [-0.39, 0.29) is 11.9 Å². The molecule has 0 radical (unpaired) electrons. The third-order valence-corrected chi connectivity index (χ3v) is 7.08. The van der Waals surface area contributed by atoms with Gasteiger partial charge in [-0.25, -0.2) is 9.18 Å². The molecule has 188 valence electrons. The molecule has 36 heavy (non-hydrogen) atoms. The Kier molecular flexibility index (Phi) is 6.73. The van der Waals surface area contributed by atoms with Crippen molar-refractivity contribution in [2.75, 3.05) is 25.0 Å². The van der Waals surface area contributed by atoms with E-state index >= 15 is 0 Å². The molecule has 4 aromatic rings. The predicted molar refractivity (Wildman–Crippen MR) is 139 cm³/mol.